The molecule has 0 unspecified atom stereocenters. The molecule has 1 aliphatic carbocycles. The van der Waals surface area contributed by atoms with E-state index in [0.717, 1.165) is 0 Å². The van der Waals surface area contributed by atoms with Gasteiger partial charge < -0.3 is 0 Å². The Labute approximate surface area is 71.5 Å². The maximum absolute atomic E-state index is 10.7. The van der Waals surface area contributed by atoms with E-state index in [0.29, 0.717) is 18.2 Å². The molecule has 1 aliphatic rings. The summed E-state index contributed by atoms with van der Waals surface area (Å²) in [6, 6.07) is 0. The Kier molecular flexibility index (Phi) is 3.02. The maximum atomic E-state index is 10.7. The highest BCUT2D eigenvalue weighted by Gasteiger charge is 2.15. The molecule has 68 valence electrons. The molecule has 0 N–H and O–H groups in total. The summed E-state index contributed by atoms with van der Waals surface area (Å²) in [4.78, 5) is 4.64. The highest BCUT2D eigenvalue weighted by atomic mass is 32.2. The average molecular weight is 190 g/mol. The third-order valence-corrected chi connectivity index (χ3v) is 2.12. The van der Waals surface area contributed by atoms with Crippen molar-refractivity contribution in [3.05, 3.63) is 24.1 Å². The molecule has 0 atom stereocenters. The molecule has 0 aliphatic heterocycles. The Morgan fingerprint density at radius 3 is 2.50 bits per heavy atom. The van der Waals surface area contributed by atoms with Gasteiger partial charge in [-0.2, -0.15) is 8.42 Å². The minimum Gasteiger partial charge on any atom is -0.216 e. The van der Waals surface area contributed by atoms with Crippen molar-refractivity contribution in [1.29, 1.82) is 0 Å². The van der Waals surface area contributed by atoms with Crippen LogP contribution in [-0.4, -0.2) is 14.5 Å². The van der Waals surface area contributed by atoms with Gasteiger partial charge in [0, 0.05) is 0 Å². The van der Waals surface area contributed by atoms with Gasteiger partial charge in [0.1, 0.15) is 6.10 Å². The third kappa shape index (κ3) is 2.77. The lowest BCUT2D eigenvalue weighted by Gasteiger charge is -2.06. The molecule has 0 saturated heterocycles. The fourth-order valence-electron chi connectivity index (χ4n) is 0.809. The van der Waals surface area contributed by atoms with E-state index >= 15 is 0 Å². The highest BCUT2D eigenvalue weighted by Crippen LogP contribution is 2.14. The molecule has 0 radical (unpaired) electrons. The summed E-state index contributed by atoms with van der Waals surface area (Å²) < 4.78 is 25.5. The Morgan fingerprint density at radius 2 is 2.00 bits per heavy atom. The predicted octanol–water partition coefficient (Wildman–Crippen LogP) is 1.13. The summed E-state index contributed by atoms with van der Waals surface area (Å²) in [5.74, 6) is 0. The minimum absolute atomic E-state index is 0.181. The van der Waals surface area contributed by atoms with Gasteiger partial charge in [-0.05, 0) is 12.8 Å². The summed E-state index contributed by atoms with van der Waals surface area (Å²) in [6.07, 6.45) is 5.02. The lowest BCUT2D eigenvalue weighted by molar-refractivity contribution is -0.235. The van der Waals surface area contributed by atoms with E-state index < -0.39 is 10.1 Å². The van der Waals surface area contributed by atoms with Crippen LogP contribution in [0.3, 0.4) is 0 Å². The van der Waals surface area contributed by atoms with Crippen LogP contribution in [-0.2, 0) is 19.3 Å². The van der Waals surface area contributed by atoms with Gasteiger partial charge >= 0.3 is 10.1 Å². The van der Waals surface area contributed by atoms with Crippen molar-refractivity contribution in [2.75, 3.05) is 0 Å². The van der Waals surface area contributed by atoms with Gasteiger partial charge in [0.25, 0.3) is 0 Å². The van der Waals surface area contributed by atoms with E-state index in [1.165, 1.54) is 0 Å². The SMILES string of the molecule is C=CS(=O)(=O)OOC1CC=CC1. The summed E-state index contributed by atoms with van der Waals surface area (Å²) in [5, 5.41) is 0.704. The first-order valence-corrected chi connectivity index (χ1v) is 4.98. The van der Waals surface area contributed by atoms with Gasteiger partial charge in [0.15, 0.2) is 0 Å². The van der Waals surface area contributed by atoms with E-state index in [9.17, 15) is 8.42 Å². The van der Waals surface area contributed by atoms with Crippen molar-refractivity contribution in [3.63, 3.8) is 0 Å². The quantitative estimate of drug-likeness (QED) is 0.379. The van der Waals surface area contributed by atoms with Gasteiger partial charge in [-0.25, -0.2) is 4.89 Å². The van der Waals surface area contributed by atoms with E-state index in [4.69, 9.17) is 0 Å². The molecule has 12 heavy (non-hydrogen) atoms. The lowest BCUT2D eigenvalue weighted by atomic mass is 10.3. The molecular weight excluding hydrogens is 180 g/mol. The van der Waals surface area contributed by atoms with Crippen LogP contribution < -0.4 is 0 Å². The fourth-order valence-corrected chi connectivity index (χ4v) is 1.09. The van der Waals surface area contributed by atoms with Crippen LogP contribution in [0.25, 0.3) is 0 Å². The van der Waals surface area contributed by atoms with Crippen molar-refractivity contribution in [2.24, 2.45) is 0 Å². The second-order valence-corrected chi connectivity index (χ2v) is 3.84. The molecule has 0 heterocycles. The predicted molar refractivity (Wildman–Crippen MR) is 43.4 cm³/mol. The molecule has 5 heteroatoms. The van der Waals surface area contributed by atoms with Crippen LogP contribution in [0.1, 0.15) is 12.8 Å². The van der Waals surface area contributed by atoms with E-state index in [1.54, 1.807) is 0 Å². The van der Waals surface area contributed by atoms with E-state index in [-0.39, 0.29) is 6.10 Å². The van der Waals surface area contributed by atoms with Crippen molar-refractivity contribution in [3.8, 4) is 0 Å². The largest absolute Gasteiger partial charge is 0.315 e. The van der Waals surface area contributed by atoms with Crippen LogP contribution in [0.4, 0.5) is 0 Å². The third-order valence-electron chi connectivity index (χ3n) is 1.44. The van der Waals surface area contributed by atoms with Crippen LogP contribution in [0.2, 0.25) is 0 Å². The first kappa shape index (κ1) is 9.44. The van der Waals surface area contributed by atoms with Gasteiger partial charge in [-0.3, -0.25) is 0 Å². The van der Waals surface area contributed by atoms with Crippen molar-refractivity contribution in [1.82, 2.24) is 0 Å². The second-order valence-electron chi connectivity index (χ2n) is 2.39. The maximum Gasteiger partial charge on any atom is 0.315 e. The average Bonchev–Trinajstić information content (AvgIpc) is 2.53. The van der Waals surface area contributed by atoms with Crippen molar-refractivity contribution < 1.29 is 17.6 Å². The second kappa shape index (κ2) is 3.84. The van der Waals surface area contributed by atoms with Gasteiger partial charge in [0.2, 0.25) is 0 Å². The minimum atomic E-state index is -3.69. The molecule has 0 saturated carbocycles. The molecule has 0 spiro atoms. The lowest BCUT2D eigenvalue weighted by Crippen LogP contribution is -2.12. The summed E-state index contributed by atoms with van der Waals surface area (Å²) >= 11 is 0. The topological polar surface area (TPSA) is 52.6 Å². The molecule has 0 amide bonds. The van der Waals surface area contributed by atoms with Crippen molar-refractivity contribution in [2.45, 2.75) is 18.9 Å². The Bertz CT molecular complexity index is 270. The summed E-state index contributed by atoms with van der Waals surface area (Å²) in [5.41, 5.74) is 0. The molecule has 0 bridgehead atoms. The first-order valence-electron chi connectivity index (χ1n) is 3.51. The zero-order valence-electron chi connectivity index (χ0n) is 6.47. The molecular formula is C7H10O4S. The van der Waals surface area contributed by atoms with Crippen LogP contribution >= 0.6 is 0 Å². The number of hydrogen-bond donors (Lipinski definition) is 0. The highest BCUT2D eigenvalue weighted by molar-refractivity contribution is 7.89. The Morgan fingerprint density at radius 1 is 1.42 bits per heavy atom. The Balaban J connectivity index is 2.30. The molecule has 0 aromatic rings. The molecule has 0 fully saturated rings. The number of rotatable bonds is 4. The zero-order chi connectivity index (χ0) is 9.03. The van der Waals surface area contributed by atoms with Crippen molar-refractivity contribution >= 4 is 10.1 Å². The molecule has 4 nitrogen and oxygen atoms in total. The van der Waals surface area contributed by atoms with Gasteiger partial charge in [0.05, 0.1) is 5.41 Å². The fraction of sp³-hybridized carbons (Fsp3) is 0.429. The normalized spacial score (nSPS) is 18.3. The van der Waals surface area contributed by atoms with Gasteiger partial charge in [-0.15, -0.1) is 4.33 Å². The standard InChI is InChI=1S/C7H10O4S/c1-2-12(8,9)11-10-7-5-3-4-6-7/h2-4,7H,1,5-6H2. The summed E-state index contributed by atoms with van der Waals surface area (Å²) in [7, 11) is -3.69. The number of hydrogen-bond acceptors (Lipinski definition) is 4. The van der Waals surface area contributed by atoms with E-state index in [2.05, 4.69) is 15.8 Å². The van der Waals surface area contributed by atoms with Crippen LogP contribution in [0.5, 0.6) is 0 Å². The zero-order valence-corrected chi connectivity index (χ0v) is 7.29. The van der Waals surface area contributed by atoms with Gasteiger partial charge in [-0.1, -0.05) is 18.7 Å². The molecule has 0 aromatic heterocycles. The first-order chi connectivity index (χ1) is 5.64. The van der Waals surface area contributed by atoms with Crippen LogP contribution in [0, 0.1) is 0 Å². The smallest absolute Gasteiger partial charge is 0.216 e. The van der Waals surface area contributed by atoms with E-state index in [1.807, 2.05) is 12.2 Å². The molecule has 1 rings (SSSR count). The molecule has 0 aromatic carbocycles. The monoisotopic (exact) mass is 190 g/mol. The summed E-state index contributed by atoms with van der Waals surface area (Å²) in [6.45, 7) is 3.07. The van der Waals surface area contributed by atoms with Crippen LogP contribution in [0.15, 0.2) is 24.1 Å². The Hall–Kier alpha value is -0.650.